The highest BCUT2D eigenvalue weighted by Gasteiger charge is 2.33. The van der Waals surface area contributed by atoms with Crippen molar-refractivity contribution in [1.29, 1.82) is 0 Å². The van der Waals surface area contributed by atoms with Crippen molar-refractivity contribution in [2.45, 2.75) is 38.3 Å². The third-order valence-electron chi connectivity index (χ3n) is 7.82. The van der Waals surface area contributed by atoms with Gasteiger partial charge in [0.1, 0.15) is 17.3 Å². The average Bonchev–Trinajstić information content (AvgIpc) is 3.70. The number of aromatic nitrogens is 3. The summed E-state index contributed by atoms with van der Waals surface area (Å²) < 4.78 is 12.6. The highest BCUT2D eigenvalue weighted by atomic mass is 35.5. The summed E-state index contributed by atoms with van der Waals surface area (Å²) in [5, 5.41) is 1.12. The Hall–Kier alpha value is -4.21. The number of Topliss-reactive ketones (excluding diaryl/α,β-unsaturated/α-hetero) is 1. The zero-order chi connectivity index (χ0) is 29.9. The van der Waals surface area contributed by atoms with Gasteiger partial charge < -0.3 is 14.4 Å². The van der Waals surface area contributed by atoms with Crippen molar-refractivity contribution in [2.75, 3.05) is 25.7 Å². The number of carbonyl (C=O) groups excluding carboxylic acids is 1. The fraction of sp³-hybridized carbons (Fsp3) is 0.273. The first-order valence-corrected chi connectivity index (χ1v) is 15.4. The van der Waals surface area contributed by atoms with Gasteiger partial charge in [-0.05, 0) is 49.1 Å². The number of aryl methyl sites for hydroxylation is 1. The Morgan fingerprint density at radius 2 is 1.81 bits per heavy atom. The molecular formula is C33H31ClN4O4S. The van der Waals surface area contributed by atoms with Crippen molar-refractivity contribution >= 4 is 44.2 Å². The molecule has 1 aliphatic rings. The van der Waals surface area contributed by atoms with Crippen LogP contribution in [0.4, 0.5) is 5.13 Å². The van der Waals surface area contributed by atoms with Gasteiger partial charge in [0, 0.05) is 30.2 Å². The molecule has 1 aliphatic heterocycles. The first-order chi connectivity index (χ1) is 21.0. The number of thiazole rings is 1. The fourth-order valence-corrected chi connectivity index (χ4v) is 6.80. The monoisotopic (exact) mass is 614 g/mol. The van der Waals surface area contributed by atoms with Gasteiger partial charge in [0.05, 0.1) is 31.8 Å². The number of benzene rings is 3. The SMILES string of the molecule is COc1ccc(Cn2c(-c3ccccc3Cl)nc3sc(N4CCC[C@@H]4C(=O)CCc4ccccc4)nc3c2=O)c(OC)c1. The van der Waals surface area contributed by atoms with E-state index in [1.807, 2.05) is 65.6 Å². The standard InChI is InChI=1S/C33H31ClN4O4S/c1-41-23-16-15-22(28(19-23)42-2)20-38-30(24-11-6-7-12-25(24)34)36-31-29(32(38)40)35-33(43-31)37-18-8-13-26(37)27(39)17-14-21-9-4-3-5-10-21/h3-7,9-12,15-16,19,26H,8,13-14,17-18,20H2,1-2H3/t26-/m1/s1. The van der Waals surface area contributed by atoms with Crippen LogP contribution in [0.15, 0.2) is 77.6 Å². The van der Waals surface area contributed by atoms with E-state index in [9.17, 15) is 9.59 Å². The zero-order valence-electron chi connectivity index (χ0n) is 24.0. The molecule has 6 rings (SSSR count). The molecule has 1 atom stereocenters. The molecule has 10 heteroatoms. The van der Waals surface area contributed by atoms with Crippen LogP contribution in [0.2, 0.25) is 5.02 Å². The molecule has 0 amide bonds. The third kappa shape index (κ3) is 5.87. The van der Waals surface area contributed by atoms with Crippen molar-refractivity contribution in [2.24, 2.45) is 0 Å². The second kappa shape index (κ2) is 12.6. The first-order valence-electron chi connectivity index (χ1n) is 14.2. The summed E-state index contributed by atoms with van der Waals surface area (Å²) in [5.41, 5.74) is 2.54. The van der Waals surface area contributed by atoms with Gasteiger partial charge in [0.15, 0.2) is 21.3 Å². The molecule has 3 heterocycles. The molecular weight excluding hydrogens is 584 g/mol. The van der Waals surface area contributed by atoms with Gasteiger partial charge in [-0.1, -0.05) is 65.4 Å². The molecule has 0 N–H and O–H groups in total. The molecule has 0 saturated carbocycles. The maximum absolute atomic E-state index is 14.1. The van der Waals surface area contributed by atoms with Gasteiger partial charge in [-0.2, -0.15) is 0 Å². The minimum Gasteiger partial charge on any atom is -0.497 e. The van der Waals surface area contributed by atoms with E-state index >= 15 is 0 Å². The number of fused-ring (bicyclic) bond motifs is 1. The molecule has 43 heavy (non-hydrogen) atoms. The van der Waals surface area contributed by atoms with E-state index in [4.69, 9.17) is 31.0 Å². The van der Waals surface area contributed by atoms with Gasteiger partial charge in [-0.15, -0.1) is 0 Å². The number of anilines is 1. The van der Waals surface area contributed by atoms with E-state index in [0.29, 0.717) is 57.3 Å². The lowest BCUT2D eigenvalue weighted by Crippen LogP contribution is -2.36. The Bertz CT molecular complexity index is 1840. The molecule has 2 aromatic heterocycles. The molecule has 5 aromatic rings. The second-order valence-electron chi connectivity index (χ2n) is 10.4. The van der Waals surface area contributed by atoms with Crippen LogP contribution in [-0.2, 0) is 17.8 Å². The number of nitrogens with zero attached hydrogens (tertiary/aromatic N) is 4. The van der Waals surface area contributed by atoms with Gasteiger partial charge in [-0.25, -0.2) is 9.97 Å². The molecule has 0 bridgehead atoms. The second-order valence-corrected chi connectivity index (χ2v) is 11.8. The number of halogens is 1. The summed E-state index contributed by atoms with van der Waals surface area (Å²) >= 11 is 7.96. The number of rotatable bonds is 10. The topological polar surface area (TPSA) is 86.5 Å². The maximum Gasteiger partial charge on any atom is 0.281 e. The van der Waals surface area contributed by atoms with Gasteiger partial charge in [0.25, 0.3) is 5.56 Å². The van der Waals surface area contributed by atoms with E-state index < -0.39 is 0 Å². The molecule has 8 nitrogen and oxygen atoms in total. The van der Waals surface area contributed by atoms with Crippen LogP contribution in [0.25, 0.3) is 21.7 Å². The molecule has 1 saturated heterocycles. The summed E-state index contributed by atoms with van der Waals surface area (Å²) in [6, 6.07) is 22.6. The number of ketones is 1. The predicted octanol–water partition coefficient (Wildman–Crippen LogP) is 6.41. The lowest BCUT2D eigenvalue weighted by Gasteiger charge is -2.22. The van der Waals surface area contributed by atoms with Crippen LogP contribution in [0.1, 0.15) is 30.4 Å². The molecule has 0 aliphatic carbocycles. The van der Waals surface area contributed by atoms with Crippen LogP contribution in [0, 0.1) is 0 Å². The Morgan fingerprint density at radius 1 is 1.02 bits per heavy atom. The number of carbonyl (C=O) groups is 1. The minimum atomic E-state index is -0.286. The number of methoxy groups -OCH3 is 2. The van der Waals surface area contributed by atoms with Crippen LogP contribution >= 0.6 is 22.9 Å². The fourth-order valence-electron chi connectivity index (χ4n) is 5.58. The summed E-state index contributed by atoms with van der Waals surface area (Å²) in [5.74, 6) is 1.86. The maximum atomic E-state index is 14.1. The largest absolute Gasteiger partial charge is 0.497 e. The summed E-state index contributed by atoms with van der Waals surface area (Å²) in [6.45, 7) is 0.892. The number of hydrogen-bond donors (Lipinski definition) is 0. The molecule has 0 unspecified atom stereocenters. The van der Waals surface area contributed by atoms with Gasteiger partial charge in [-0.3, -0.25) is 14.2 Å². The lowest BCUT2D eigenvalue weighted by molar-refractivity contribution is -0.120. The van der Waals surface area contributed by atoms with Crippen molar-refractivity contribution in [3.8, 4) is 22.9 Å². The predicted molar refractivity (Wildman–Crippen MR) is 171 cm³/mol. The quantitative estimate of drug-likeness (QED) is 0.180. The third-order valence-corrected chi connectivity index (χ3v) is 9.14. The van der Waals surface area contributed by atoms with E-state index in [2.05, 4.69) is 0 Å². The summed E-state index contributed by atoms with van der Waals surface area (Å²) in [6.07, 6.45) is 2.81. The molecule has 220 valence electrons. The van der Waals surface area contributed by atoms with Crippen molar-refractivity contribution in [3.63, 3.8) is 0 Å². The van der Waals surface area contributed by atoms with E-state index in [1.54, 1.807) is 30.9 Å². The zero-order valence-corrected chi connectivity index (χ0v) is 25.5. The molecule has 0 radical (unpaired) electrons. The molecule has 1 fully saturated rings. The normalized spacial score (nSPS) is 14.8. The van der Waals surface area contributed by atoms with Crippen LogP contribution in [0.3, 0.4) is 0 Å². The lowest BCUT2D eigenvalue weighted by atomic mass is 10.0. The van der Waals surface area contributed by atoms with Crippen molar-refractivity contribution < 1.29 is 14.3 Å². The van der Waals surface area contributed by atoms with E-state index in [0.717, 1.165) is 24.0 Å². The Morgan fingerprint density at radius 3 is 2.58 bits per heavy atom. The average molecular weight is 615 g/mol. The minimum absolute atomic E-state index is 0.187. The van der Waals surface area contributed by atoms with Crippen molar-refractivity contribution in [3.05, 3.63) is 99.3 Å². The summed E-state index contributed by atoms with van der Waals surface area (Å²) in [7, 11) is 3.17. The first kappa shape index (κ1) is 28.9. The smallest absolute Gasteiger partial charge is 0.281 e. The summed E-state index contributed by atoms with van der Waals surface area (Å²) in [4.78, 5) is 39.8. The van der Waals surface area contributed by atoms with Crippen LogP contribution in [-0.4, -0.2) is 47.1 Å². The van der Waals surface area contributed by atoms with Gasteiger partial charge >= 0.3 is 0 Å². The number of ether oxygens (including phenoxy) is 2. The van der Waals surface area contributed by atoms with Crippen molar-refractivity contribution in [1.82, 2.24) is 14.5 Å². The van der Waals surface area contributed by atoms with Crippen LogP contribution < -0.4 is 19.9 Å². The molecule has 0 spiro atoms. The Balaban J connectivity index is 1.39. The Labute approximate surface area is 258 Å². The highest BCUT2D eigenvalue weighted by Crippen LogP contribution is 2.35. The van der Waals surface area contributed by atoms with E-state index in [-0.39, 0.29) is 29.4 Å². The Kier molecular flexibility index (Phi) is 8.44. The van der Waals surface area contributed by atoms with Crippen LogP contribution in [0.5, 0.6) is 11.5 Å². The highest BCUT2D eigenvalue weighted by molar-refractivity contribution is 7.21. The van der Waals surface area contributed by atoms with Gasteiger partial charge in [0.2, 0.25) is 0 Å². The van der Waals surface area contributed by atoms with E-state index in [1.165, 1.54) is 11.3 Å². The molecule has 3 aromatic carbocycles. The number of hydrogen-bond acceptors (Lipinski definition) is 8.